The maximum atomic E-state index is 13.4. The van der Waals surface area contributed by atoms with Crippen molar-refractivity contribution in [1.82, 2.24) is 14.9 Å². The Morgan fingerprint density at radius 3 is 2.27 bits per heavy atom. The Hall–Kier alpha value is -3.34. The van der Waals surface area contributed by atoms with Crippen LogP contribution in [0.15, 0.2) is 34.0 Å². The summed E-state index contributed by atoms with van der Waals surface area (Å²) < 4.78 is 95.9. The van der Waals surface area contributed by atoms with E-state index in [0.29, 0.717) is 0 Å². The molecule has 0 radical (unpaired) electrons. The fourth-order valence-electron chi connectivity index (χ4n) is 4.34. The van der Waals surface area contributed by atoms with Gasteiger partial charge in [-0.05, 0) is 6.07 Å². The second-order valence-electron chi connectivity index (χ2n) is 10.1. The Morgan fingerprint density at radius 1 is 1.04 bits per heavy atom. The number of phosphoric acid groups is 3. The van der Waals surface area contributed by atoms with Crippen LogP contribution in [-0.4, -0.2) is 94.4 Å². The summed E-state index contributed by atoms with van der Waals surface area (Å²) in [6.07, 6.45) is -2.45. The van der Waals surface area contributed by atoms with E-state index in [4.69, 9.17) is 42.3 Å². The second kappa shape index (κ2) is 19.1. The second-order valence-corrected chi connectivity index (χ2v) is 15.8. The molecule has 2 aromatic rings. The molecular formula is C25H38N5O19P3. The van der Waals surface area contributed by atoms with Gasteiger partial charge in [0.2, 0.25) is 0 Å². The molecule has 1 aliphatic heterocycles. The van der Waals surface area contributed by atoms with Crippen molar-refractivity contribution in [2.75, 3.05) is 61.9 Å². The molecule has 0 spiro atoms. The SMILES string of the molecule is COc1cc(COC2C[C@H](n3ccc(=O)[nH]c3=O)O[C@@H]2COP(=O)(OC)OP(=O)(OC)OP(=O)(OC)OC)c([N+](=O)[O-])cc1OCC(=O)NCCN. The molecule has 3 unspecified atom stereocenters. The van der Waals surface area contributed by atoms with Crippen molar-refractivity contribution >= 4 is 35.1 Å². The number of nitro benzene ring substituents is 1. The fraction of sp³-hybridized carbons (Fsp3) is 0.560. The third-order valence-corrected chi connectivity index (χ3v) is 12.3. The van der Waals surface area contributed by atoms with E-state index in [1.807, 2.05) is 0 Å². The van der Waals surface area contributed by atoms with Crippen LogP contribution in [0.4, 0.5) is 5.69 Å². The van der Waals surface area contributed by atoms with Crippen LogP contribution in [0.1, 0.15) is 18.2 Å². The molecule has 3 rings (SSSR count). The van der Waals surface area contributed by atoms with Gasteiger partial charge in [0.25, 0.3) is 17.2 Å². The lowest BCUT2D eigenvalue weighted by Crippen LogP contribution is -2.33. The summed E-state index contributed by atoms with van der Waals surface area (Å²) in [6.45, 7) is -1.32. The first-order valence-electron chi connectivity index (χ1n) is 14.7. The van der Waals surface area contributed by atoms with Gasteiger partial charge in [-0.2, -0.15) is 8.62 Å². The number of ether oxygens (including phenoxy) is 4. The number of hydrogen-bond donors (Lipinski definition) is 3. The maximum absolute atomic E-state index is 13.4. The normalized spacial score (nSPS) is 19.8. The van der Waals surface area contributed by atoms with Crippen LogP contribution in [0.3, 0.4) is 0 Å². The number of phosphoric ester groups is 2. The van der Waals surface area contributed by atoms with Gasteiger partial charge in [-0.25, -0.2) is 18.5 Å². The number of hydrogen-bond acceptors (Lipinski definition) is 20. The van der Waals surface area contributed by atoms with Gasteiger partial charge in [-0.3, -0.25) is 51.9 Å². The number of methoxy groups -OCH3 is 1. The monoisotopic (exact) mass is 805 g/mol. The Bertz CT molecular complexity index is 1810. The first-order chi connectivity index (χ1) is 24.6. The Labute approximate surface area is 295 Å². The largest absolute Gasteiger partial charge is 0.493 e. The predicted octanol–water partition coefficient (Wildman–Crippen LogP) is 1.74. The Morgan fingerprint density at radius 2 is 1.69 bits per heavy atom. The molecule has 0 saturated carbocycles. The highest BCUT2D eigenvalue weighted by molar-refractivity contribution is 7.67. The summed E-state index contributed by atoms with van der Waals surface area (Å²) in [7, 11) is -9.74. The number of aromatic nitrogens is 2. The minimum Gasteiger partial charge on any atom is -0.493 e. The van der Waals surface area contributed by atoms with Crippen LogP contribution in [0.5, 0.6) is 11.5 Å². The number of aromatic amines is 1. The van der Waals surface area contributed by atoms with Crippen LogP contribution in [-0.2, 0) is 65.8 Å². The van der Waals surface area contributed by atoms with Gasteiger partial charge in [0.1, 0.15) is 12.3 Å². The van der Waals surface area contributed by atoms with E-state index in [1.54, 1.807) is 0 Å². The van der Waals surface area contributed by atoms with Gasteiger partial charge in [0.05, 0.1) is 43.0 Å². The van der Waals surface area contributed by atoms with E-state index in [9.17, 15) is 38.2 Å². The predicted molar refractivity (Wildman–Crippen MR) is 175 cm³/mol. The number of carbonyl (C=O) groups excluding carboxylic acids is 1. The van der Waals surface area contributed by atoms with Crippen molar-refractivity contribution in [3.63, 3.8) is 0 Å². The summed E-state index contributed by atoms with van der Waals surface area (Å²) >= 11 is 0. The summed E-state index contributed by atoms with van der Waals surface area (Å²) in [5, 5.41) is 14.5. The molecule has 2 heterocycles. The number of rotatable bonds is 22. The molecule has 1 aromatic heterocycles. The molecule has 52 heavy (non-hydrogen) atoms. The Balaban J connectivity index is 1.88. The summed E-state index contributed by atoms with van der Waals surface area (Å²) in [6, 6.07) is 3.35. The molecule has 1 fully saturated rings. The van der Waals surface area contributed by atoms with Crippen molar-refractivity contribution in [2.45, 2.75) is 31.5 Å². The van der Waals surface area contributed by atoms with Crippen molar-refractivity contribution in [2.24, 2.45) is 5.73 Å². The average molecular weight is 806 g/mol. The number of benzene rings is 1. The first-order valence-corrected chi connectivity index (χ1v) is 19.1. The molecule has 0 bridgehead atoms. The lowest BCUT2D eigenvalue weighted by atomic mass is 10.1. The molecule has 292 valence electrons. The van der Waals surface area contributed by atoms with E-state index in [0.717, 1.165) is 51.3 Å². The maximum Gasteiger partial charge on any atom is 0.492 e. The molecule has 1 aliphatic rings. The number of carbonyl (C=O) groups is 1. The van der Waals surface area contributed by atoms with Gasteiger partial charge in [0.15, 0.2) is 18.1 Å². The summed E-state index contributed by atoms with van der Waals surface area (Å²) in [4.78, 5) is 49.6. The average Bonchev–Trinajstić information content (AvgIpc) is 3.53. The van der Waals surface area contributed by atoms with Crippen LogP contribution in [0.2, 0.25) is 0 Å². The van der Waals surface area contributed by atoms with Gasteiger partial charge < -0.3 is 30.0 Å². The van der Waals surface area contributed by atoms with Crippen molar-refractivity contribution < 1.29 is 73.6 Å². The minimum absolute atomic E-state index is 0.0177. The number of nitrogens with one attached hydrogen (secondary N) is 2. The highest BCUT2D eigenvalue weighted by Gasteiger charge is 2.47. The third-order valence-electron chi connectivity index (χ3n) is 6.87. The van der Waals surface area contributed by atoms with Crippen LogP contribution in [0.25, 0.3) is 0 Å². The molecule has 1 saturated heterocycles. The van der Waals surface area contributed by atoms with Crippen molar-refractivity contribution in [1.29, 1.82) is 0 Å². The first kappa shape index (κ1) is 43.1. The summed E-state index contributed by atoms with van der Waals surface area (Å²) in [5.74, 6) is -0.626. The molecule has 27 heteroatoms. The zero-order valence-electron chi connectivity index (χ0n) is 28.4. The van der Waals surface area contributed by atoms with Crippen LogP contribution in [0, 0.1) is 10.1 Å². The molecule has 1 aromatic carbocycles. The zero-order valence-corrected chi connectivity index (χ0v) is 31.0. The third kappa shape index (κ3) is 11.6. The van der Waals surface area contributed by atoms with Gasteiger partial charge in [-0.15, -0.1) is 0 Å². The Kier molecular flexibility index (Phi) is 15.8. The number of H-pyrrole nitrogens is 1. The number of nitro groups is 1. The molecule has 1 amide bonds. The van der Waals surface area contributed by atoms with E-state index in [2.05, 4.69) is 23.9 Å². The zero-order chi connectivity index (χ0) is 38.7. The van der Waals surface area contributed by atoms with E-state index >= 15 is 0 Å². The molecule has 24 nitrogen and oxygen atoms in total. The van der Waals surface area contributed by atoms with Gasteiger partial charge >= 0.3 is 29.2 Å². The van der Waals surface area contributed by atoms with E-state index in [-0.39, 0.29) is 36.6 Å². The van der Waals surface area contributed by atoms with Gasteiger partial charge in [0, 0.05) is 60.2 Å². The minimum atomic E-state index is -5.03. The number of nitrogens with two attached hydrogens (primary N) is 1. The molecular weight excluding hydrogens is 767 g/mol. The summed E-state index contributed by atoms with van der Waals surface area (Å²) in [5.41, 5.74) is 3.33. The molecule has 0 aliphatic carbocycles. The highest BCUT2D eigenvalue weighted by Crippen LogP contribution is 2.72. The lowest BCUT2D eigenvalue weighted by molar-refractivity contribution is -0.386. The van der Waals surface area contributed by atoms with Crippen LogP contribution < -0.4 is 31.8 Å². The molecule has 5 atom stereocenters. The van der Waals surface area contributed by atoms with Crippen molar-refractivity contribution in [3.05, 3.63) is 60.9 Å². The van der Waals surface area contributed by atoms with Gasteiger partial charge in [-0.1, -0.05) is 0 Å². The highest BCUT2D eigenvalue weighted by atomic mass is 31.3. The number of nitrogens with zero attached hydrogens (tertiary/aromatic N) is 2. The molecule has 4 N–H and O–H groups in total. The smallest absolute Gasteiger partial charge is 0.492 e. The topological polar surface area (TPSA) is 306 Å². The van der Waals surface area contributed by atoms with Crippen LogP contribution >= 0.6 is 23.5 Å². The van der Waals surface area contributed by atoms with E-state index in [1.165, 1.54) is 13.2 Å². The number of amides is 1. The van der Waals surface area contributed by atoms with E-state index < -0.39 is 89.5 Å². The quantitative estimate of drug-likeness (QED) is 0.0867. The lowest BCUT2D eigenvalue weighted by Gasteiger charge is -2.24. The van der Waals surface area contributed by atoms with Crippen molar-refractivity contribution in [3.8, 4) is 11.5 Å². The standard InChI is InChI=1S/C25H38N5O19P3/c1-39-18-10-16(17(30(34)35)11-19(18)45-15-23(32)27-8-7-26)13-44-20-12-24(29-9-6-22(31)28-25(29)33)47-21(20)14-46-51(37,42-4)49-52(38,43-5)48-50(36,40-2)41-3/h6,9-11,20-21,24H,7-8,12-15,26H2,1-5H3,(H,27,32)(H,28,31,33)/t20?,21-,24-,51?,52?/m1/s1. The fourth-order valence-corrected chi connectivity index (χ4v) is 8.80.